The highest BCUT2D eigenvalue weighted by molar-refractivity contribution is 6.31. The Kier molecular flexibility index (Phi) is 5.72. The van der Waals surface area contributed by atoms with Gasteiger partial charge in [-0.05, 0) is 42.5 Å². The average Bonchev–Trinajstić information content (AvgIpc) is 3.45. The molecule has 0 radical (unpaired) electrons. The van der Waals surface area contributed by atoms with Gasteiger partial charge in [0.2, 0.25) is 0 Å². The molecule has 2 aromatic carbocycles. The van der Waals surface area contributed by atoms with E-state index in [4.69, 9.17) is 16.3 Å². The summed E-state index contributed by atoms with van der Waals surface area (Å²) in [5.41, 5.74) is 1.52. The number of carbonyl (C=O) groups is 2. The van der Waals surface area contributed by atoms with Gasteiger partial charge >= 0.3 is 5.97 Å². The quantitative estimate of drug-likeness (QED) is 0.462. The first kappa shape index (κ1) is 20.2. The lowest BCUT2D eigenvalue weighted by molar-refractivity contribution is -0.119. The molecule has 0 unspecified atom stereocenters. The lowest BCUT2D eigenvalue weighted by Crippen LogP contribution is -2.22. The van der Waals surface area contributed by atoms with Crippen molar-refractivity contribution >= 4 is 29.2 Å². The average molecular weight is 441 g/mol. The summed E-state index contributed by atoms with van der Waals surface area (Å²) in [6, 6.07) is 10.4. The molecule has 0 saturated carbocycles. The number of nitrogens with one attached hydrogen (secondary N) is 1. The summed E-state index contributed by atoms with van der Waals surface area (Å²) in [5, 5.41) is 7.07. The monoisotopic (exact) mass is 440 g/mol. The second kappa shape index (κ2) is 8.76. The van der Waals surface area contributed by atoms with Gasteiger partial charge in [-0.15, -0.1) is 0 Å². The van der Waals surface area contributed by atoms with E-state index in [0.29, 0.717) is 22.1 Å². The van der Waals surface area contributed by atoms with Crippen molar-refractivity contribution in [2.45, 2.75) is 0 Å². The molecule has 11 heteroatoms. The van der Waals surface area contributed by atoms with E-state index < -0.39 is 24.3 Å². The van der Waals surface area contributed by atoms with Crippen molar-refractivity contribution < 1.29 is 18.7 Å². The molecular weight excluding hydrogens is 427 g/mol. The molecule has 0 aliphatic rings. The van der Waals surface area contributed by atoms with Crippen molar-refractivity contribution in [2.75, 3.05) is 11.9 Å². The first-order chi connectivity index (χ1) is 15.0. The van der Waals surface area contributed by atoms with E-state index in [2.05, 4.69) is 20.4 Å². The number of nitrogens with zero attached hydrogens (tertiary/aromatic N) is 5. The zero-order chi connectivity index (χ0) is 21.8. The first-order valence-corrected chi connectivity index (χ1v) is 9.29. The molecule has 4 rings (SSSR count). The van der Waals surface area contributed by atoms with E-state index in [1.54, 1.807) is 18.2 Å². The van der Waals surface area contributed by atoms with E-state index in [0.717, 1.165) is 0 Å². The van der Waals surface area contributed by atoms with Crippen LogP contribution in [0.2, 0.25) is 5.02 Å². The van der Waals surface area contributed by atoms with E-state index >= 15 is 0 Å². The second-order valence-corrected chi connectivity index (χ2v) is 6.69. The number of benzene rings is 2. The van der Waals surface area contributed by atoms with Gasteiger partial charge in [-0.25, -0.2) is 23.8 Å². The molecule has 4 aromatic rings. The Hall–Kier alpha value is -4.05. The highest BCUT2D eigenvalue weighted by Gasteiger charge is 2.17. The van der Waals surface area contributed by atoms with Gasteiger partial charge in [-0.2, -0.15) is 5.10 Å². The van der Waals surface area contributed by atoms with Crippen LogP contribution in [0.5, 0.6) is 0 Å². The molecule has 0 spiro atoms. The fraction of sp³-hybridized carbons (Fsp3) is 0.0500. The van der Waals surface area contributed by atoms with Gasteiger partial charge in [0.05, 0.1) is 23.9 Å². The predicted molar refractivity (Wildman–Crippen MR) is 109 cm³/mol. The Balaban J connectivity index is 1.44. The van der Waals surface area contributed by atoms with E-state index in [-0.39, 0.29) is 5.69 Å². The first-order valence-electron chi connectivity index (χ1n) is 8.91. The number of aromatic nitrogens is 5. The van der Waals surface area contributed by atoms with Crippen LogP contribution in [-0.4, -0.2) is 42.8 Å². The molecular formula is C20H14ClFN6O3. The zero-order valence-corrected chi connectivity index (χ0v) is 16.5. The molecule has 0 aliphatic carbocycles. The maximum Gasteiger partial charge on any atom is 0.357 e. The fourth-order valence-corrected chi connectivity index (χ4v) is 2.96. The largest absolute Gasteiger partial charge is 0.451 e. The Morgan fingerprint density at radius 3 is 2.65 bits per heavy atom. The molecule has 156 valence electrons. The number of halogens is 2. The fourth-order valence-electron chi connectivity index (χ4n) is 2.79. The van der Waals surface area contributed by atoms with Crippen LogP contribution in [-0.2, 0) is 9.53 Å². The normalized spacial score (nSPS) is 10.6. The minimum Gasteiger partial charge on any atom is -0.451 e. The van der Waals surface area contributed by atoms with Gasteiger partial charge in [0.25, 0.3) is 5.91 Å². The van der Waals surface area contributed by atoms with Crippen LogP contribution < -0.4 is 5.32 Å². The van der Waals surface area contributed by atoms with Crippen LogP contribution in [0.25, 0.3) is 11.4 Å². The van der Waals surface area contributed by atoms with Gasteiger partial charge in [-0.1, -0.05) is 11.6 Å². The van der Waals surface area contributed by atoms with Crippen LogP contribution >= 0.6 is 11.6 Å². The summed E-state index contributed by atoms with van der Waals surface area (Å²) in [6.45, 7) is -0.545. The topological polar surface area (TPSA) is 104 Å². The van der Waals surface area contributed by atoms with Crippen molar-refractivity contribution in [1.82, 2.24) is 24.3 Å². The molecule has 2 heterocycles. The smallest absolute Gasteiger partial charge is 0.357 e. The van der Waals surface area contributed by atoms with E-state index in [1.807, 2.05) is 0 Å². The van der Waals surface area contributed by atoms with Crippen LogP contribution in [0.1, 0.15) is 10.5 Å². The van der Waals surface area contributed by atoms with Gasteiger partial charge in [0.15, 0.2) is 12.3 Å². The predicted octanol–water partition coefficient (Wildman–Crippen LogP) is 3.04. The lowest BCUT2D eigenvalue weighted by atomic mass is 10.2. The maximum atomic E-state index is 13.1. The summed E-state index contributed by atoms with van der Waals surface area (Å²) >= 11 is 6.03. The Bertz CT molecular complexity index is 1220. The zero-order valence-electron chi connectivity index (χ0n) is 15.8. The Morgan fingerprint density at radius 1 is 1.10 bits per heavy atom. The number of anilines is 1. The SMILES string of the molecule is O=C(COC(=O)c1cncn1-c1ccc(F)cc1)Nc1cc(Cl)ccc1-n1cncn1. The third-order valence-corrected chi connectivity index (χ3v) is 4.42. The summed E-state index contributed by atoms with van der Waals surface area (Å²) in [4.78, 5) is 32.6. The van der Waals surface area contributed by atoms with Crippen LogP contribution in [0, 0.1) is 5.82 Å². The molecule has 1 amide bonds. The Morgan fingerprint density at radius 2 is 1.90 bits per heavy atom. The van der Waals surface area contributed by atoms with Gasteiger partial charge in [-0.3, -0.25) is 9.36 Å². The number of esters is 1. The number of carbonyl (C=O) groups excluding carboxylic acids is 2. The maximum absolute atomic E-state index is 13.1. The molecule has 31 heavy (non-hydrogen) atoms. The van der Waals surface area contributed by atoms with Crippen molar-refractivity contribution in [2.24, 2.45) is 0 Å². The van der Waals surface area contributed by atoms with Crippen molar-refractivity contribution in [1.29, 1.82) is 0 Å². The minimum atomic E-state index is -0.764. The van der Waals surface area contributed by atoms with Crippen molar-refractivity contribution in [3.8, 4) is 11.4 Å². The summed E-state index contributed by atoms with van der Waals surface area (Å²) in [7, 11) is 0. The number of amides is 1. The molecule has 0 bridgehead atoms. The summed E-state index contributed by atoms with van der Waals surface area (Å²) < 4.78 is 21.1. The Labute approximate surface area is 180 Å². The minimum absolute atomic E-state index is 0.0884. The van der Waals surface area contributed by atoms with Crippen LogP contribution in [0.15, 0.2) is 67.6 Å². The van der Waals surface area contributed by atoms with Gasteiger partial charge in [0, 0.05) is 10.7 Å². The molecule has 9 nitrogen and oxygen atoms in total. The van der Waals surface area contributed by atoms with E-state index in [9.17, 15) is 14.0 Å². The summed E-state index contributed by atoms with van der Waals surface area (Å²) in [6.07, 6.45) is 5.51. The van der Waals surface area contributed by atoms with Gasteiger partial charge in [0.1, 0.15) is 18.5 Å². The lowest BCUT2D eigenvalue weighted by Gasteiger charge is -2.12. The highest BCUT2D eigenvalue weighted by Crippen LogP contribution is 2.24. The number of hydrogen-bond donors (Lipinski definition) is 1. The van der Waals surface area contributed by atoms with Crippen molar-refractivity contribution in [3.05, 3.63) is 84.2 Å². The molecule has 0 saturated heterocycles. The number of imidazole rings is 1. The number of hydrogen-bond acceptors (Lipinski definition) is 6. The van der Waals surface area contributed by atoms with Crippen LogP contribution in [0.4, 0.5) is 10.1 Å². The van der Waals surface area contributed by atoms with E-state index in [1.165, 1.54) is 58.7 Å². The molecule has 2 aromatic heterocycles. The van der Waals surface area contributed by atoms with Crippen LogP contribution in [0.3, 0.4) is 0 Å². The third-order valence-electron chi connectivity index (χ3n) is 4.19. The second-order valence-electron chi connectivity index (χ2n) is 6.25. The highest BCUT2D eigenvalue weighted by atomic mass is 35.5. The van der Waals surface area contributed by atoms with Gasteiger partial charge < -0.3 is 10.1 Å². The third kappa shape index (κ3) is 4.59. The number of ether oxygens (including phenoxy) is 1. The molecule has 0 aliphatic heterocycles. The molecule has 0 atom stereocenters. The standard InChI is InChI=1S/C20H14ClFN6O3/c21-13-1-6-17(28-12-24-10-25-28)16(7-13)26-19(29)9-31-20(30)18-8-23-11-27(18)15-4-2-14(22)3-5-15/h1-8,10-12H,9H2,(H,26,29). The molecule has 1 N–H and O–H groups in total. The summed E-state index contributed by atoms with van der Waals surface area (Å²) in [5.74, 6) is -1.75. The number of rotatable bonds is 6. The molecule has 0 fully saturated rings. The van der Waals surface area contributed by atoms with Crippen molar-refractivity contribution in [3.63, 3.8) is 0 Å².